The molecule has 112 valence electrons. The maximum Gasteiger partial charge on any atom is 0.335 e. The molecule has 1 aromatic carbocycles. The number of benzene rings is 1. The van der Waals surface area contributed by atoms with Crippen molar-refractivity contribution in [3.8, 4) is 0 Å². The highest BCUT2D eigenvalue weighted by atomic mass is 16.5. The lowest BCUT2D eigenvalue weighted by atomic mass is 9.96. The zero-order chi connectivity index (χ0) is 15.6. The smallest absolute Gasteiger partial charge is 0.335 e. The minimum absolute atomic E-state index is 0.229. The van der Waals surface area contributed by atoms with E-state index >= 15 is 0 Å². The van der Waals surface area contributed by atoms with Gasteiger partial charge in [0.05, 0.1) is 17.8 Å². The summed E-state index contributed by atoms with van der Waals surface area (Å²) in [5, 5.41) is 0. The third-order valence-corrected chi connectivity index (χ3v) is 3.10. The van der Waals surface area contributed by atoms with Gasteiger partial charge < -0.3 is 9.47 Å². The fraction of sp³-hybridized carbons (Fsp3) is 0.412. The molecule has 0 saturated carbocycles. The molecule has 1 unspecified atom stereocenters. The molecule has 0 heterocycles. The van der Waals surface area contributed by atoms with Gasteiger partial charge in [-0.15, -0.1) is 0 Å². The number of hydrogen-bond acceptors (Lipinski definition) is 4. The number of rotatable bonds is 4. The van der Waals surface area contributed by atoms with Crippen LogP contribution in [0.1, 0.15) is 44.7 Å². The molecule has 0 radical (unpaired) electrons. The monoisotopic (exact) mass is 288 g/mol. The van der Waals surface area contributed by atoms with E-state index in [0.717, 1.165) is 11.1 Å². The number of esters is 2. The Morgan fingerprint density at radius 1 is 1.00 bits per heavy atom. The predicted molar refractivity (Wildman–Crippen MR) is 79.6 cm³/mol. The van der Waals surface area contributed by atoms with Gasteiger partial charge in [-0.05, 0) is 44.9 Å². The first kappa shape index (κ1) is 15.3. The molecule has 1 aliphatic carbocycles. The molecule has 2 rings (SSSR count). The molecule has 0 aromatic heterocycles. The Kier molecular flexibility index (Phi) is 4.46. The number of fused-ring (bicyclic) bond motifs is 1. The molecule has 1 atom stereocenters. The molecule has 21 heavy (non-hydrogen) atoms. The van der Waals surface area contributed by atoms with Crippen molar-refractivity contribution in [2.45, 2.75) is 45.8 Å². The van der Waals surface area contributed by atoms with Crippen LogP contribution < -0.4 is 0 Å². The van der Waals surface area contributed by atoms with Crippen LogP contribution in [0, 0.1) is 0 Å². The van der Waals surface area contributed by atoms with Crippen molar-refractivity contribution in [2.24, 2.45) is 0 Å². The zero-order valence-electron chi connectivity index (χ0n) is 12.8. The van der Waals surface area contributed by atoms with Gasteiger partial charge in [-0.2, -0.15) is 0 Å². The van der Waals surface area contributed by atoms with Crippen molar-refractivity contribution >= 4 is 18.0 Å². The van der Waals surface area contributed by atoms with E-state index in [1.54, 1.807) is 33.8 Å². The molecule has 1 aromatic rings. The first-order chi connectivity index (χ1) is 9.90. The second-order valence-electron chi connectivity index (χ2n) is 5.60. The fourth-order valence-electron chi connectivity index (χ4n) is 2.34. The fourth-order valence-corrected chi connectivity index (χ4v) is 2.34. The Labute approximate surface area is 124 Å². The van der Waals surface area contributed by atoms with E-state index in [4.69, 9.17) is 9.47 Å². The van der Waals surface area contributed by atoms with E-state index in [9.17, 15) is 9.59 Å². The van der Waals surface area contributed by atoms with Crippen molar-refractivity contribution in [3.63, 3.8) is 0 Å². The second kappa shape index (κ2) is 6.12. The van der Waals surface area contributed by atoms with E-state index in [2.05, 4.69) is 0 Å². The summed E-state index contributed by atoms with van der Waals surface area (Å²) in [6, 6.07) is 7.43. The molecule has 0 aliphatic heterocycles. The van der Waals surface area contributed by atoms with Gasteiger partial charge in [0.2, 0.25) is 0 Å². The standard InChI is InChI=1S/C17H20O4/c1-10(2)20-16(18)14-9-12-7-5-6-8-13(12)15(14)17(19)21-11(3)4/h5-11,15H,1-4H3. The highest BCUT2D eigenvalue weighted by Crippen LogP contribution is 2.38. The van der Waals surface area contributed by atoms with Crippen molar-refractivity contribution in [1.82, 2.24) is 0 Å². The van der Waals surface area contributed by atoms with Gasteiger partial charge in [0.15, 0.2) is 0 Å². The van der Waals surface area contributed by atoms with Crippen LogP contribution >= 0.6 is 0 Å². The molecule has 1 aliphatic rings. The summed E-state index contributed by atoms with van der Waals surface area (Å²) < 4.78 is 10.5. The molecule has 4 heteroatoms. The Balaban J connectivity index is 2.35. The molecule has 0 N–H and O–H groups in total. The first-order valence-electron chi connectivity index (χ1n) is 7.12. The lowest BCUT2D eigenvalue weighted by Gasteiger charge is -2.18. The first-order valence-corrected chi connectivity index (χ1v) is 7.12. The molecule has 0 saturated heterocycles. The number of hydrogen-bond donors (Lipinski definition) is 0. The van der Waals surface area contributed by atoms with Gasteiger partial charge in [0, 0.05) is 0 Å². The number of ether oxygens (including phenoxy) is 2. The summed E-state index contributed by atoms with van der Waals surface area (Å²) in [7, 11) is 0. The molecule has 0 fully saturated rings. The zero-order valence-corrected chi connectivity index (χ0v) is 12.8. The largest absolute Gasteiger partial charge is 0.462 e. The van der Waals surface area contributed by atoms with Crippen molar-refractivity contribution < 1.29 is 19.1 Å². The van der Waals surface area contributed by atoms with Gasteiger partial charge >= 0.3 is 11.9 Å². The molecule has 0 spiro atoms. The Morgan fingerprint density at radius 2 is 1.62 bits per heavy atom. The number of carbonyl (C=O) groups excluding carboxylic acids is 2. The van der Waals surface area contributed by atoms with E-state index < -0.39 is 17.9 Å². The normalized spacial score (nSPS) is 16.7. The SMILES string of the molecule is CC(C)OC(=O)C1=Cc2ccccc2C1C(=O)OC(C)C. The van der Waals surface area contributed by atoms with Crippen molar-refractivity contribution in [2.75, 3.05) is 0 Å². The Morgan fingerprint density at radius 3 is 2.24 bits per heavy atom. The van der Waals surface area contributed by atoms with E-state index in [1.807, 2.05) is 24.3 Å². The summed E-state index contributed by atoms with van der Waals surface area (Å²) in [6.07, 6.45) is 1.25. The van der Waals surface area contributed by atoms with Crippen LogP contribution in [-0.4, -0.2) is 24.1 Å². The second-order valence-corrected chi connectivity index (χ2v) is 5.60. The average Bonchev–Trinajstić information content (AvgIpc) is 2.76. The third-order valence-electron chi connectivity index (χ3n) is 3.10. The number of carbonyl (C=O) groups is 2. The van der Waals surface area contributed by atoms with E-state index in [1.165, 1.54) is 0 Å². The lowest BCUT2D eigenvalue weighted by Crippen LogP contribution is -2.24. The van der Waals surface area contributed by atoms with Gasteiger partial charge in [-0.3, -0.25) is 4.79 Å². The summed E-state index contributed by atoms with van der Waals surface area (Å²) in [5.41, 5.74) is 1.99. The maximum atomic E-state index is 12.3. The van der Waals surface area contributed by atoms with Gasteiger partial charge in [-0.25, -0.2) is 4.79 Å². The van der Waals surface area contributed by atoms with Crippen LogP contribution in [0.2, 0.25) is 0 Å². The minimum Gasteiger partial charge on any atom is -0.462 e. The molecular weight excluding hydrogens is 268 g/mol. The van der Waals surface area contributed by atoms with Gasteiger partial charge in [-0.1, -0.05) is 24.3 Å². The van der Waals surface area contributed by atoms with Crippen LogP contribution in [-0.2, 0) is 19.1 Å². The Bertz CT molecular complexity index is 584. The van der Waals surface area contributed by atoms with Crippen LogP contribution in [0.5, 0.6) is 0 Å². The minimum atomic E-state index is -0.699. The molecule has 0 bridgehead atoms. The van der Waals surface area contributed by atoms with Crippen LogP contribution in [0.4, 0.5) is 0 Å². The van der Waals surface area contributed by atoms with Gasteiger partial charge in [0.1, 0.15) is 5.92 Å². The summed E-state index contributed by atoms with van der Waals surface area (Å²) in [4.78, 5) is 24.6. The van der Waals surface area contributed by atoms with Crippen molar-refractivity contribution in [1.29, 1.82) is 0 Å². The highest BCUT2D eigenvalue weighted by molar-refractivity contribution is 6.05. The summed E-state index contributed by atoms with van der Waals surface area (Å²) >= 11 is 0. The highest BCUT2D eigenvalue weighted by Gasteiger charge is 2.37. The predicted octanol–water partition coefficient (Wildman–Crippen LogP) is 3.07. The topological polar surface area (TPSA) is 52.6 Å². The van der Waals surface area contributed by atoms with Crippen LogP contribution in [0.3, 0.4) is 0 Å². The average molecular weight is 288 g/mol. The quantitative estimate of drug-likeness (QED) is 0.799. The summed E-state index contributed by atoms with van der Waals surface area (Å²) in [6.45, 7) is 7.13. The lowest BCUT2D eigenvalue weighted by molar-refractivity contribution is -0.151. The van der Waals surface area contributed by atoms with Gasteiger partial charge in [0.25, 0.3) is 0 Å². The van der Waals surface area contributed by atoms with Crippen LogP contribution in [0.25, 0.3) is 6.08 Å². The van der Waals surface area contributed by atoms with E-state index in [-0.39, 0.29) is 12.2 Å². The van der Waals surface area contributed by atoms with Crippen molar-refractivity contribution in [3.05, 3.63) is 41.0 Å². The van der Waals surface area contributed by atoms with Crippen LogP contribution in [0.15, 0.2) is 29.8 Å². The molecule has 0 amide bonds. The molecule has 4 nitrogen and oxygen atoms in total. The third kappa shape index (κ3) is 3.32. The Hall–Kier alpha value is -2.10. The summed E-state index contributed by atoms with van der Waals surface area (Å²) in [5.74, 6) is -1.58. The van der Waals surface area contributed by atoms with E-state index in [0.29, 0.717) is 5.57 Å². The maximum absolute atomic E-state index is 12.3. The molecular formula is C17H20O4.